The minimum Gasteiger partial charge on any atom is -0.268 e. The van der Waals surface area contributed by atoms with E-state index >= 15 is 0 Å². The summed E-state index contributed by atoms with van der Waals surface area (Å²) < 4.78 is 3.72. The summed E-state index contributed by atoms with van der Waals surface area (Å²) in [4.78, 5) is 0. The zero-order valence-corrected chi connectivity index (χ0v) is 17.5. The quantitative estimate of drug-likeness (QED) is 0.369. The van der Waals surface area contributed by atoms with Gasteiger partial charge in [-0.2, -0.15) is 5.10 Å². The van der Waals surface area contributed by atoms with Crippen LogP contribution >= 0.6 is 22.6 Å². The molecule has 2 aliphatic rings. The van der Waals surface area contributed by atoms with Gasteiger partial charge in [-0.05, 0) is 67.0 Å². The molecule has 0 aliphatic heterocycles. The molecule has 0 radical (unpaired) electrons. The molecule has 2 aliphatic carbocycles. The lowest BCUT2D eigenvalue weighted by Crippen LogP contribution is -2.15. The van der Waals surface area contributed by atoms with Gasteiger partial charge in [0.25, 0.3) is 0 Å². The van der Waals surface area contributed by atoms with Crippen LogP contribution in [0, 0.1) is 9.62 Å². The van der Waals surface area contributed by atoms with Crippen molar-refractivity contribution in [1.82, 2.24) is 9.78 Å². The second-order valence-corrected chi connectivity index (χ2v) is 9.11. The Labute approximate surface area is 162 Å². The van der Waals surface area contributed by atoms with Crippen molar-refractivity contribution in [3.63, 3.8) is 0 Å². The first kappa shape index (κ1) is 18.7. The van der Waals surface area contributed by atoms with Gasteiger partial charge < -0.3 is 0 Å². The first-order chi connectivity index (χ1) is 11.8. The molecule has 0 bridgehead atoms. The fraction of sp³-hybridized carbons (Fsp3) is 0.857. The van der Waals surface area contributed by atoms with Crippen LogP contribution in [0.5, 0.6) is 0 Å². The molecule has 0 spiro atoms. The molecule has 0 aromatic carbocycles. The SMILES string of the molecule is Ic1nn(CC2CCCCCCCCCCC2)c2c1CCCCC2. The van der Waals surface area contributed by atoms with Gasteiger partial charge >= 0.3 is 0 Å². The molecule has 3 rings (SSSR count). The molecule has 0 saturated heterocycles. The van der Waals surface area contributed by atoms with Crippen LogP contribution in [-0.4, -0.2) is 9.78 Å². The number of nitrogens with zero attached hydrogens (tertiary/aromatic N) is 2. The van der Waals surface area contributed by atoms with Crippen molar-refractivity contribution in [2.24, 2.45) is 5.92 Å². The summed E-state index contributed by atoms with van der Waals surface area (Å²) in [5, 5.41) is 4.96. The Bertz CT molecular complexity index is 482. The van der Waals surface area contributed by atoms with E-state index in [9.17, 15) is 0 Å². The predicted octanol–water partition coefficient (Wildman–Crippen LogP) is 6.68. The Balaban J connectivity index is 1.63. The Morgan fingerprint density at radius 1 is 0.750 bits per heavy atom. The molecule has 0 N–H and O–H groups in total. The van der Waals surface area contributed by atoms with Crippen LogP contribution in [0.25, 0.3) is 0 Å². The highest BCUT2D eigenvalue weighted by atomic mass is 127. The number of rotatable bonds is 2. The molecule has 0 unspecified atom stereocenters. The summed E-state index contributed by atoms with van der Waals surface area (Å²) in [6, 6.07) is 0. The van der Waals surface area contributed by atoms with Crippen LogP contribution in [0.4, 0.5) is 0 Å². The van der Waals surface area contributed by atoms with Crippen molar-refractivity contribution in [2.45, 2.75) is 109 Å². The van der Waals surface area contributed by atoms with Gasteiger partial charge in [0.1, 0.15) is 3.70 Å². The Morgan fingerprint density at radius 2 is 1.29 bits per heavy atom. The van der Waals surface area contributed by atoms with Gasteiger partial charge in [-0.1, -0.05) is 64.2 Å². The first-order valence-electron chi connectivity index (χ1n) is 10.6. The zero-order valence-electron chi connectivity index (χ0n) is 15.4. The number of hydrogen-bond donors (Lipinski definition) is 0. The van der Waals surface area contributed by atoms with Crippen LogP contribution < -0.4 is 0 Å². The van der Waals surface area contributed by atoms with Gasteiger partial charge in [0.05, 0.1) is 0 Å². The summed E-state index contributed by atoms with van der Waals surface area (Å²) in [6.07, 6.45) is 22.6. The molecule has 0 atom stereocenters. The second-order valence-electron chi connectivity index (χ2n) is 8.08. The van der Waals surface area contributed by atoms with Gasteiger partial charge in [-0.15, -0.1) is 0 Å². The highest BCUT2D eigenvalue weighted by molar-refractivity contribution is 14.1. The van der Waals surface area contributed by atoms with Gasteiger partial charge in [0.15, 0.2) is 0 Å². The average molecular weight is 442 g/mol. The van der Waals surface area contributed by atoms with Crippen molar-refractivity contribution in [3.05, 3.63) is 15.0 Å². The third-order valence-corrected chi connectivity index (χ3v) is 6.98. The topological polar surface area (TPSA) is 17.8 Å². The number of aromatic nitrogens is 2. The molecule has 136 valence electrons. The van der Waals surface area contributed by atoms with Crippen LogP contribution in [0.3, 0.4) is 0 Å². The van der Waals surface area contributed by atoms with Crippen LogP contribution in [0.1, 0.15) is 101 Å². The molecule has 1 aromatic heterocycles. The Hall–Kier alpha value is -0.0600. The highest BCUT2D eigenvalue weighted by Crippen LogP contribution is 2.28. The van der Waals surface area contributed by atoms with Crippen LogP contribution in [0.15, 0.2) is 0 Å². The van der Waals surface area contributed by atoms with Crippen molar-refractivity contribution >= 4 is 22.6 Å². The highest BCUT2D eigenvalue weighted by Gasteiger charge is 2.20. The smallest absolute Gasteiger partial charge is 0.126 e. The summed E-state index contributed by atoms with van der Waals surface area (Å²) in [6.45, 7) is 1.19. The van der Waals surface area contributed by atoms with Crippen molar-refractivity contribution in [1.29, 1.82) is 0 Å². The zero-order chi connectivity index (χ0) is 16.6. The molecular formula is C21H35IN2. The maximum Gasteiger partial charge on any atom is 0.126 e. The first-order valence-corrected chi connectivity index (χ1v) is 11.7. The summed E-state index contributed by atoms with van der Waals surface area (Å²) in [5.74, 6) is 0.854. The van der Waals surface area contributed by atoms with E-state index in [4.69, 9.17) is 5.10 Å². The van der Waals surface area contributed by atoms with E-state index in [0.717, 1.165) is 5.92 Å². The van der Waals surface area contributed by atoms with E-state index in [1.54, 1.807) is 11.3 Å². The van der Waals surface area contributed by atoms with E-state index in [2.05, 4.69) is 27.3 Å². The standard InChI is InChI=1S/C21H35IN2/c22-21-19-15-11-8-12-16-20(19)24(23-21)17-18-13-9-6-4-2-1-3-5-7-10-14-18/h18H,1-17H2. The van der Waals surface area contributed by atoms with Gasteiger partial charge in [0, 0.05) is 17.8 Å². The van der Waals surface area contributed by atoms with Crippen molar-refractivity contribution in [3.8, 4) is 0 Å². The second kappa shape index (κ2) is 10.2. The fourth-order valence-electron chi connectivity index (χ4n) is 4.63. The summed E-state index contributed by atoms with van der Waals surface area (Å²) in [5.41, 5.74) is 3.17. The predicted molar refractivity (Wildman–Crippen MR) is 110 cm³/mol. The van der Waals surface area contributed by atoms with Crippen molar-refractivity contribution in [2.75, 3.05) is 0 Å². The third-order valence-electron chi connectivity index (χ3n) is 6.11. The summed E-state index contributed by atoms with van der Waals surface area (Å²) >= 11 is 2.48. The molecule has 3 heteroatoms. The van der Waals surface area contributed by atoms with E-state index in [-0.39, 0.29) is 0 Å². The Morgan fingerprint density at radius 3 is 1.96 bits per heavy atom. The van der Waals surface area contributed by atoms with Gasteiger partial charge in [-0.25, -0.2) is 0 Å². The number of halogens is 1. The van der Waals surface area contributed by atoms with Gasteiger partial charge in [-0.3, -0.25) is 4.68 Å². The fourth-order valence-corrected chi connectivity index (χ4v) is 5.47. The van der Waals surface area contributed by atoms with E-state index < -0.39 is 0 Å². The Kier molecular flexibility index (Phi) is 7.94. The lowest BCUT2D eigenvalue weighted by molar-refractivity contribution is 0.333. The molecule has 24 heavy (non-hydrogen) atoms. The third kappa shape index (κ3) is 5.47. The maximum atomic E-state index is 4.96. The molecule has 1 heterocycles. The molecular weight excluding hydrogens is 407 g/mol. The molecule has 2 nitrogen and oxygen atoms in total. The number of hydrogen-bond acceptors (Lipinski definition) is 1. The normalized spacial score (nSPS) is 22.2. The molecule has 1 saturated carbocycles. The minimum absolute atomic E-state index is 0.854. The van der Waals surface area contributed by atoms with E-state index in [0.29, 0.717) is 0 Å². The lowest BCUT2D eigenvalue weighted by Gasteiger charge is -2.19. The lowest BCUT2D eigenvalue weighted by atomic mass is 9.92. The molecule has 0 amide bonds. The molecule has 1 fully saturated rings. The van der Waals surface area contributed by atoms with Crippen molar-refractivity contribution < 1.29 is 0 Å². The monoisotopic (exact) mass is 442 g/mol. The largest absolute Gasteiger partial charge is 0.268 e. The number of fused-ring (bicyclic) bond motifs is 1. The van der Waals surface area contributed by atoms with E-state index in [1.807, 2.05) is 0 Å². The molecule has 1 aromatic rings. The summed E-state index contributed by atoms with van der Waals surface area (Å²) in [7, 11) is 0. The van der Waals surface area contributed by atoms with Crippen LogP contribution in [0.2, 0.25) is 0 Å². The average Bonchev–Trinajstić information content (AvgIpc) is 2.75. The van der Waals surface area contributed by atoms with Gasteiger partial charge in [0.2, 0.25) is 0 Å². The van der Waals surface area contributed by atoms with E-state index in [1.165, 1.54) is 113 Å². The van der Waals surface area contributed by atoms with Crippen LogP contribution in [-0.2, 0) is 19.4 Å². The maximum absolute atomic E-state index is 4.96. The minimum atomic E-state index is 0.854.